The molecule has 1 aliphatic heterocycles. The summed E-state index contributed by atoms with van der Waals surface area (Å²) in [7, 11) is 1.43. The molecule has 0 amide bonds. The summed E-state index contributed by atoms with van der Waals surface area (Å²) in [5.41, 5.74) is 0. The van der Waals surface area contributed by atoms with E-state index in [9.17, 15) is 4.79 Å². The minimum atomic E-state index is -0.162. The van der Waals surface area contributed by atoms with E-state index >= 15 is 0 Å². The van der Waals surface area contributed by atoms with Crippen LogP contribution in [0.15, 0.2) is 0 Å². The van der Waals surface area contributed by atoms with Gasteiger partial charge in [0.15, 0.2) is 5.82 Å². The van der Waals surface area contributed by atoms with Gasteiger partial charge in [-0.3, -0.25) is 9.69 Å². The molecule has 0 spiro atoms. The molecule has 2 rings (SSSR count). The average Bonchev–Trinajstić information content (AvgIpc) is 3.05. The lowest BCUT2D eigenvalue weighted by atomic mass is 10.2. The number of hydrogen-bond donors (Lipinski definition) is 0. The largest absolute Gasteiger partial charge is 0.468 e. The average molecular weight is 267 g/mol. The summed E-state index contributed by atoms with van der Waals surface area (Å²) in [5.74, 6) is 0.661. The second-order valence-corrected chi connectivity index (χ2v) is 4.82. The van der Waals surface area contributed by atoms with Crippen LogP contribution in [-0.2, 0) is 22.6 Å². The Kier molecular flexibility index (Phi) is 4.84. The molecule has 0 radical (unpaired) electrons. The van der Waals surface area contributed by atoms with E-state index in [0.717, 1.165) is 44.6 Å². The lowest BCUT2D eigenvalue weighted by molar-refractivity contribution is -0.146. The van der Waals surface area contributed by atoms with Gasteiger partial charge < -0.3 is 4.74 Å². The number of carbonyl (C=O) groups excluding carboxylic acids is 1. The number of carbonyl (C=O) groups is 1. The van der Waals surface area contributed by atoms with Crippen molar-refractivity contribution in [2.75, 3.05) is 13.7 Å². The minimum absolute atomic E-state index is 0.152. The molecule has 0 N–H and O–H groups in total. The lowest BCUT2D eigenvalue weighted by Crippen LogP contribution is -2.37. The van der Waals surface area contributed by atoms with Crippen LogP contribution in [0.4, 0.5) is 0 Å². The summed E-state index contributed by atoms with van der Waals surface area (Å²) >= 11 is 0. The third kappa shape index (κ3) is 3.28. The van der Waals surface area contributed by atoms with E-state index < -0.39 is 0 Å². The van der Waals surface area contributed by atoms with Gasteiger partial charge in [-0.2, -0.15) is 0 Å². The number of rotatable bonds is 6. The second kappa shape index (κ2) is 6.60. The third-order valence-corrected chi connectivity index (χ3v) is 3.51. The van der Waals surface area contributed by atoms with Gasteiger partial charge in [-0.15, -0.1) is 5.10 Å². The number of aromatic nitrogens is 4. The number of methoxy groups -OCH3 is 1. The van der Waals surface area contributed by atoms with Crippen LogP contribution in [-0.4, -0.2) is 50.8 Å². The monoisotopic (exact) mass is 267 g/mol. The van der Waals surface area contributed by atoms with Crippen LogP contribution in [0, 0.1) is 0 Å². The molecule has 0 bridgehead atoms. The molecule has 1 unspecified atom stereocenters. The number of likely N-dealkylation sites (tertiary alicyclic amines) is 1. The van der Waals surface area contributed by atoms with Gasteiger partial charge in [-0.05, 0) is 36.2 Å². The fourth-order valence-corrected chi connectivity index (χ4v) is 2.42. The fraction of sp³-hybridized carbons (Fsp3) is 0.833. The number of nitrogens with zero attached hydrogens (tertiary/aromatic N) is 5. The maximum Gasteiger partial charge on any atom is 0.323 e. The summed E-state index contributed by atoms with van der Waals surface area (Å²) < 4.78 is 6.67. The predicted molar refractivity (Wildman–Crippen MR) is 68.2 cm³/mol. The number of esters is 1. The van der Waals surface area contributed by atoms with Gasteiger partial charge in [0.05, 0.1) is 13.7 Å². The molecule has 0 aliphatic carbocycles. The lowest BCUT2D eigenvalue weighted by Gasteiger charge is -2.21. The Bertz CT molecular complexity index is 420. The van der Waals surface area contributed by atoms with Gasteiger partial charge in [0.2, 0.25) is 0 Å². The van der Waals surface area contributed by atoms with Crippen molar-refractivity contribution in [1.82, 2.24) is 25.1 Å². The maximum atomic E-state index is 11.7. The van der Waals surface area contributed by atoms with Gasteiger partial charge >= 0.3 is 5.97 Å². The molecule has 0 aromatic carbocycles. The van der Waals surface area contributed by atoms with Gasteiger partial charge in [-0.1, -0.05) is 13.3 Å². The highest BCUT2D eigenvalue weighted by Gasteiger charge is 2.32. The van der Waals surface area contributed by atoms with Gasteiger partial charge in [0.25, 0.3) is 0 Å². The van der Waals surface area contributed by atoms with Crippen LogP contribution in [0.1, 0.15) is 38.4 Å². The molecular weight excluding hydrogens is 246 g/mol. The Morgan fingerprint density at radius 2 is 2.37 bits per heavy atom. The highest BCUT2D eigenvalue weighted by atomic mass is 16.5. The van der Waals surface area contributed by atoms with Crippen LogP contribution in [0.3, 0.4) is 0 Å². The number of aryl methyl sites for hydroxylation is 1. The fourth-order valence-electron chi connectivity index (χ4n) is 2.42. The van der Waals surface area contributed by atoms with Gasteiger partial charge in [0, 0.05) is 6.54 Å². The molecular formula is C12H21N5O2. The summed E-state index contributed by atoms with van der Waals surface area (Å²) in [6, 6.07) is -0.152. The molecule has 0 saturated carbocycles. The highest BCUT2D eigenvalue weighted by molar-refractivity contribution is 5.75. The van der Waals surface area contributed by atoms with Crippen LogP contribution in [0.25, 0.3) is 0 Å². The van der Waals surface area contributed by atoms with Crippen LogP contribution in [0.2, 0.25) is 0 Å². The van der Waals surface area contributed by atoms with E-state index in [1.165, 1.54) is 7.11 Å². The van der Waals surface area contributed by atoms with E-state index in [1.807, 2.05) is 4.68 Å². The zero-order chi connectivity index (χ0) is 13.7. The van der Waals surface area contributed by atoms with Crippen molar-refractivity contribution in [3.63, 3.8) is 0 Å². The molecule has 19 heavy (non-hydrogen) atoms. The number of ether oxygens (including phenoxy) is 1. The Balaban J connectivity index is 2.00. The quantitative estimate of drug-likeness (QED) is 0.703. The zero-order valence-electron chi connectivity index (χ0n) is 11.6. The SMILES string of the molecule is CCCCn1nnnc1CN1CCCC1C(=O)OC. The van der Waals surface area contributed by atoms with Crippen LogP contribution >= 0.6 is 0 Å². The van der Waals surface area contributed by atoms with Gasteiger partial charge in [0.1, 0.15) is 6.04 Å². The van der Waals surface area contributed by atoms with Crippen molar-refractivity contribution in [2.24, 2.45) is 0 Å². The summed E-state index contributed by atoms with van der Waals surface area (Å²) in [6.45, 7) is 4.46. The van der Waals surface area contributed by atoms with Gasteiger partial charge in [-0.25, -0.2) is 4.68 Å². The molecule has 1 fully saturated rings. The molecule has 1 atom stereocenters. The highest BCUT2D eigenvalue weighted by Crippen LogP contribution is 2.20. The first-order valence-electron chi connectivity index (χ1n) is 6.83. The Morgan fingerprint density at radius 1 is 1.53 bits per heavy atom. The topological polar surface area (TPSA) is 73.1 Å². The van der Waals surface area contributed by atoms with E-state index in [-0.39, 0.29) is 12.0 Å². The first-order chi connectivity index (χ1) is 9.26. The molecule has 106 valence electrons. The standard InChI is InChI=1S/C12H21N5O2/c1-3-4-8-17-11(13-14-15-17)9-16-7-5-6-10(16)12(18)19-2/h10H,3-9H2,1-2H3. The smallest absolute Gasteiger partial charge is 0.323 e. The van der Waals surface area contributed by atoms with Crippen LogP contribution in [0.5, 0.6) is 0 Å². The molecule has 1 aliphatic rings. The van der Waals surface area contributed by atoms with Crippen molar-refractivity contribution >= 4 is 5.97 Å². The maximum absolute atomic E-state index is 11.7. The Labute approximate surface area is 112 Å². The van der Waals surface area contributed by atoms with Crippen LogP contribution < -0.4 is 0 Å². The normalized spacial score (nSPS) is 19.8. The zero-order valence-corrected chi connectivity index (χ0v) is 11.6. The molecule has 1 saturated heterocycles. The number of hydrogen-bond acceptors (Lipinski definition) is 6. The first kappa shape index (κ1) is 13.9. The second-order valence-electron chi connectivity index (χ2n) is 4.82. The molecule has 7 nitrogen and oxygen atoms in total. The Morgan fingerprint density at radius 3 is 3.11 bits per heavy atom. The van der Waals surface area contributed by atoms with E-state index in [0.29, 0.717) is 6.54 Å². The van der Waals surface area contributed by atoms with Crippen molar-refractivity contribution in [1.29, 1.82) is 0 Å². The van der Waals surface area contributed by atoms with Crippen molar-refractivity contribution in [2.45, 2.75) is 51.7 Å². The van der Waals surface area contributed by atoms with Crippen molar-refractivity contribution < 1.29 is 9.53 Å². The number of unbranched alkanes of at least 4 members (excludes halogenated alkanes) is 1. The molecule has 7 heteroatoms. The minimum Gasteiger partial charge on any atom is -0.468 e. The van der Waals surface area contributed by atoms with E-state index in [1.54, 1.807) is 0 Å². The summed E-state index contributed by atoms with van der Waals surface area (Å²) in [5, 5.41) is 11.8. The van der Waals surface area contributed by atoms with E-state index in [4.69, 9.17) is 4.74 Å². The molecule has 2 heterocycles. The predicted octanol–water partition coefficient (Wildman–Crippen LogP) is 0.611. The van der Waals surface area contributed by atoms with E-state index in [2.05, 4.69) is 27.3 Å². The molecule has 1 aromatic rings. The summed E-state index contributed by atoms with van der Waals surface area (Å²) in [4.78, 5) is 13.8. The van der Waals surface area contributed by atoms with Crippen molar-refractivity contribution in [3.8, 4) is 0 Å². The molecule has 1 aromatic heterocycles. The number of tetrazole rings is 1. The third-order valence-electron chi connectivity index (χ3n) is 3.51. The Hall–Kier alpha value is -1.50. The summed E-state index contributed by atoms with van der Waals surface area (Å²) in [6.07, 6.45) is 4.02. The first-order valence-corrected chi connectivity index (χ1v) is 6.83. The van der Waals surface area contributed by atoms with Crippen molar-refractivity contribution in [3.05, 3.63) is 5.82 Å².